The minimum atomic E-state index is -3.14. The number of hydrogen-bond donors (Lipinski definition) is 0. The molecule has 0 bridgehead atoms. The maximum Gasteiger partial charge on any atom is 0.223 e. The molecule has 1 aliphatic heterocycles. The monoisotopic (exact) mass is 328 g/mol. The molecule has 21 heavy (non-hydrogen) atoms. The van der Waals surface area contributed by atoms with Crippen LogP contribution < -0.4 is 0 Å². The lowest BCUT2D eigenvalue weighted by atomic mass is 10.3. The second kappa shape index (κ2) is 7.29. The molecule has 2 rings (SSSR count). The fourth-order valence-electron chi connectivity index (χ4n) is 2.20. The molecule has 1 heterocycles. The summed E-state index contributed by atoms with van der Waals surface area (Å²) in [7, 11) is -3.14. The molecule has 0 unspecified atom stereocenters. The van der Waals surface area contributed by atoms with Crippen LogP contribution in [-0.2, 0) is 14.8 Å². The Morgan fingerprint density at radius 3 is 2.33 bits per heavy atom. The SMILES string of the molecule is CS(=O)(=O)N1CCN(C(=O)CCSc2ccccc2)CC1. The second-order valence-corrected chi connectivity index (χ2v) is 8.11. The van der Waals surface area contributed by atoms with E-state index in [0.717, 1.165) is 10.6 Å². The van der Waals surface area contributed by atoms with E-state index in [1.54, 1.807) is 16.7 Å². The third-order valence-corrected chi connectivity index (χ3v) is 5.71. The van der Waals surface area contributed by atoms with Crippen molar-refractivity contribution in [2.75, 3.05) is 38.2 Å². The van der Waals surface area contributed by atoms with E-state index in [0.29, 0.717) is 32.6 Å². The maximum atomic E-state index is 12.1. The molecule has 1 aliphatic rings. The number of rotatable bonds is 5. The summed E-state index contributed by atoms with van der Waals surface area (Å²) in [4.78, 5) is 15.0. The van der Waals surface area contributed by atoms with E-state index in [9.17, 15) is 13.2 Å². The third-order valence-electron chi connectivity index (χ3n) is 3.39. The first-order chi connectivity index (χ1) is 9.97. The Bertz CT molecular complexity index is 567. The van der Waals surface area contributed by atoms with Crippen LogP contribution in [0.3, 0.4) is 0 Å². The van der Waals surface area contributed by atoms with Crippen molar-refractivity contribution in [3.8, 4) is 0 Å². The lowest BCUT2D eigenvalue weighted by Gasteiger charge is -2.33. The predicted octanol–water partition coefficient (Wildman–Crippen LogP) is 1.27. The zero-order valence-corrected chi connectivity index (χ0v) is 13.7. The van der Waals surface area contributed by atoms with Crippen LogP contribution in [0.4, 0.5) is 0 Å². The Morgan fingerprint density at radius 1 is 1.14 bits per heavy atom. The number of piperazine rings is 1. The van der Waals surface area contributed by atoms with Crippen molar-refractivity contribution < 1.29 is 13.2 Å². The number of carbonyl (C=O) groups is 1. The van der Waals surface area contributed by atoms with Crippen LogP contribution in [0.25, 0.3) is 0 Å². The van der Waals surface area contributed by atoms with E-state index in [1.807, 2.05) is 30.3 Å². The van der Waals surface area contributed by atoms with Crippen LogP contribution >= 0.6 is 11.8 Å². The fourth-order valence-corrected chi connectivity index (χ4v) is 3.89. The normalized spacial score (nSPS) is 16.9. The number of hydrogen-bond acceptors (Lipinski definition) is 4. The molecule has 0 spiro atoms. The molecule has 116 valence electrons. The zero-order chi connectivity index (χ0) is 15.3. The highest BCUT2D eigenvalue weighted by Crippen LogP contribution is 2.18. The molecule has 5 nitrogen and oxygen atoms in total. The van der Waals surface area contributed by atoms with Crippen molar-refractivity contribution in [3.63, 3.8) is 0 Å². The van der Waals surface area contributed by atoms with Crippen molar-refractivity contribution in [2.24, 2.45) is 0 Å². The van der Waals surface area contributed by atoms with Gasteiger partial charge in [-0.25, -0.2) is 8.42 Å². The molecule has 1 fully saturated rings. The van der Waals surface area contributed by atoms with Crippen molar-refractivity contribution in [1.29, 1.82) is 0 Å². The molecule has 0 atom stereocenters. The first-order valence-corrected chi connectivity index (χ1v) is 9.71. The Morgan fingerprint density at radius 2 is 1.76 bits per heavy atom. The van der Waals surface area contributed by atoms with Crippen LogP contribution in [0.15, 0.2) is 35.2 Å². The standard InChI is InChI=1S/C14H20N2O3S2/c1-21(18,19)16-10-8-15(9-11-16)14(17)7-12-20-13-5-3-2-4-6-13/h2-6H,7-12H2,1H3. The van der Waals surface area contributed by atoms with Crippen LogP contribution in [0, 0.1) is 0 Å². The minimum Gasteiger partial charge on any atom is -0.340 e. The van der Waals surface area contributed by atoms with E-state index in [2.05, 4.69) is 0 Å². The molecule has 1 aromatic carbocycles. The number of benzene rings is 1. The van der Waals surface area contributed by atoms with Crippen LogP contribution in [0.2, 0.25) is 0 Å². The zero-order valence-electron chi connectivity index (χ0n) is 12.1. The smallest absolute Gasteiger partial charge is 0.223 e. The molecule has 1 aromatic rings. The lowest BCUT2D eigenvalue weighted by Crippen LogP contribution is -2.50. The van der Waals surface area contributed by atoms with Crippen LogP contribution in [-0.4, -0.2) is 61.7 Å². The number of nitrogens with zero attached hydrogens (tertiary/aromatic N) is 2. The largest absolute Gasteiger partial charge is 0.340 e. The van der Waals surface area contributed by atoms with Gasteiger partial charge in [-0.05, 0) is 12.1 Å². The van der Waals surface area contributed by atoms with Gasteiger partial charge in [0.15, 0.2) is 0 Å². The lowest BCUT2D eigenvalue weighted by molar-refractivity contribution is -0.131. The number of thioether (sulfide) groups is 1. The summed E-state index contributed by atoms with van der Waals surface area (Å²) >= 11 is 1.66. The van der Waals surface area contributed by atoms with Gasteiger partial charge in [-0.2, -0.15) is 4.31 Å². The van der Waals surface area contributed by atoms with Gasteiger partial charge in [-0.15, -0.1) is 11.8 Å². The predicted molar refractivity (Wildman–Crippen MR) is 84.8 cm³/mol. The van der Waals surface area contributed by atoms with E-state index >= 15 is 0 Å². The Balaban J connectivity index is 1.73. The van der Waals surface area contributed by atoms with Crippen LogP contribution in [0.5, 0.6) is 0 Å². The molecule has 0 aliphatic carbocycles. The van der Waals surface area contributed by atoms with E-state index in [1.165, 1.54) is 10.6 Å². The fraction of sp³-hybridized carbons (Fsp3) is 0.500. The summed E-state index contributed by atoms with van der Waals surface area (Å²) in [5.41, 5.74) is 0. The highest BCUT2D eigenvalue weighted by atomic mass is 32.2. The first-order valence-electron chi connectivity index (χ1n) is 6.87. The summed E-state index contributed by atoms with van der Waals surface area (Å²) in [5.74, 6) is 0.848. The van der Waals surface area contributed by atoms with Gasteiger partial charge in [0.05, 0.1) is 6.26 Å². The number of carbonyl (C=O) groups excluding carboxylic acids is 1. The van der Waals surface area contributed by atoms with E-state index in [4.69, 9.17) is 0 Å². The number of sulfonamides is 1. The molecule has 0 radical (unpaired) electrons. The minimum absolute atomic E-state index is 0.103. The van der Waals surface area contributed by atoms with Gasteiger partial charge in [0.25, 0.3) is 0 Å². The topological polar surface area (TPSA) is 57.7 Å². The number of amides is 1. The van der Waals surface area contributed by atoms with Gasteiger partial charge in [-0.1, -0.05) is 18.2 Å². The Labute approximate surface area is 130 Å². The molecule has 1 saturated heterocycles. The van der Waals surface area contributed by atoms with Crippen molar-refractivity contribution in [2.45, 2.75) is 11.3 Å². The summed E-state index contributed by atoms with van der Waals surface area (Å²) in [5, 5.41) is 0. The summed E-state index contributed by atoms with van der Waals surface area (Å²) in [6.45, 7) is 1.77. The summed E-state index contributed by atoms with van der Waals surface area (Å²) in [6.07, 6.45) is 1.69. The van der Waals surface area contributed by atoms with E-state index in [-0.39, 0.29) is 5.91 Å². The molecular formula is C14H20N2O3S2. The van der Waals surface area contributed by atoms with Crippen molar-refractivity contribution >= 4 is 27.7 Å². The Kier molecular flexibility index (Phi) is 5.66. The molecule has 0 saturated carbocycles. The highest BCUT2D eigenvalue weighted by Gasteiger charge is 2.25. The maximum absolute atomic E-state index is 12.1. The molecule has 7 heteroatoms. The molecular weight excluding hydrogens is 308 g/mol. The Hall–Kier alpha value is -1.05. The van der Waals surface area contributed by atoms with Gasteiger partial charge < -0.3 is 4.90 Å². The summed E-state index contributed by atoms with van der Waals surface area (Å²) < 4.78 is 24.2. The van der Waals surface area contributed by atoms with Gasteiger partial charge >= 0.3 is 0 Å². The summed E-state index contributed by atoms with van der Waals surface area (Å²) in [6, 6.07) is 9.99. The average molecular weight is 328 g/mol. The van der Waals surface area contributed by atoms with Gasteiger partial charge in [-0.3, -0.25) is 4.79 Å². The van der Waals surface area contributed by atoms with Crippen molar-refractivity contribution in [3.05, 3.63) is 30.3 Å². The highest BCUT2D eigenvalue weighted by molar-refractivity contribution is 7.99. The second-order valence-electron chi connectivity index (χ2n) is 4.95. The van der Waals surface area contributed by atoms with Gasteiger partial charge in [0.1, 0.15) is 0 Å². The molecule has 1 amide bonds. The first kappa shape index (κ1) is 16.3. The quantitative estimate of drug-likeness (QED) is 0.764. The van der Waals surface area contributed by atoms with Crippen molar-refractivity contribution in [1.82, 2.24) is 9.21 Å². The third kappa shape index (κ3) is 5.01. The van der Waals surface area contributed by atoms with Gasteiger partial charge in [0.2, 0.25) is 15.9 Å². The molecule has 0 aromatic heterocycles. The average Bonchev–Trinajstić information content (AvgIpc) is 2.47. The van der Waals surface area contributed by atoms with Gasteiger partial charge in [0, 0.05) is 43.2 Å². The molecule has 0 N–H and O–H groups in total. The van der Waals surface area contributed by atoms with E-state index < -0.39 is 10.0 Å². The van der Waals surface area contributed by atoms with Crippen LogP contribution in [0.1, 0.15) is 6.42 Å².